The zero-order valence-electron chi connectivity index (χ0n) is 4.40. The smallest absolute Gasteiger partial charge is 0.295 e. The van der Waals surface area contributed by atoms with Crippen molar-refractivity contribution in [3.05, 3.63) is 22.4 Å². The first-order chi connectivity index (χ1) is 4.34. The maximum Gasteiger partial charge on any atom is 0.382 e. The fourth-order valence-electron chi connectivity index (χ4n) is 0.440. The summed E-state index contributed by atoms with van der Waals surface area (Å²) in [6.07, 6.45) is 0. The zero-order chi connectivity index (χ0) is 6.69. The minimum Gasteiger partial charge on any atom is -0.295 e. The van der Waals surface area contributed by atoms with Crippen molar-refractivity contribution in [1.82, 2.24) is 0 Å². The van der Waals surface area contributed by atoms with E-state index in [2.05, 4.69) is 4.89 Å². The minimum absolute atomic E-state index is 0.400. The summed E-state index contributed by atoms with van der Waals surface area (Å²) in [5.41, 5.74) is 0. The van der Waals surface area contributed by atoms with Crippen LogP contribution in [0.2, 0.25) is 0 Å². The van der Waals surface area contributed by atoms with E-state index in [0.29, 0.717) is 4.88 Å². The van der Waals surface area contributed by atoms with Crippen molar-refractivity contribution in [3.63, 3.8) is 0 Å². The van der Waals surface area contributed by atoms with E-state index in [1.807, 2.05) is 0 Å². The van der Waals surface area contributed by atoms with Gasteiger partial charge in [-0.25, -0.2) is 4.79 Å². The summed E-state index contributed by atoms with van der Waals surface area (Å²) in [6.45, 7) is 0. The van der Waals surface area contributed by atoms with Gasteiger partial charge in [-0.1, -0.05) is 6.07 Å². The van der Waals surface area contributed by atoms with Gasteiger partial charge in [0.15, 0.2) is 0 Å². The third-order valence-electron chi connectivity index (χ3n) is 0.805. The molecule has 1 rings (SSSR count). The highest BCUT2D eigenvalue weighted by Crippen LogP contribution is 2.08. The number of hydrogen-bond donors (Lipinski definition) is 1. The predicted octanol–water partition coefficient (Wildman–Crippen LogP) is 1.38. The van der Waals surface area contributed by atoms with Crippen molar-refractivity contribution >= 4 is 17.3 Å². The number of hydrogen-bond acceptors (Lipinski definition) is 4. The Hall–Kier alpha value is -0.870. The molecule has 4 heteroatoms. The van der Waals surface area contributed by atoms with Crippen molar-refractivity contribution in [2.24, 2.45) is 0 Å². The van der Waals surface area contributed by atoms with Crippen molar-refractivity contribution in [2.75, 3.05) is 0 Å². The van der Waals surface area contributed by atoms with E-state index in [1.165, 1.54) is 11.3 Å². The first-order valence-electron chi connectivity index (χ1n) is 2.24. The Morgan fingerprint density at radius 1 is 1.78 bits per heavy atom. The monoisotopic (exact) mass is 144 g/mol. The number of carbonyl (C=O) groups is 1. The molecule has 0 amide bonds. The lowest BCUT2D eigenvalue weighted by molar-refractivity contribution is -0.182. The van der Waals surface area contributed by atoms with Crippen molar-refractivity contribution < 1.29 is 14.9 Å². The Kier molecular flexibility index (Phi) is 1.81. The van der Waals surface area contributed by atoms with Gasteiger partial charge in [-0.15, -0.1) is 11.3 Å². The molecule has 1 aromatic rings. The van der Waals surface area contributed by atoms with Gasteiger partial charge in [0, 0.05) is 0 Å². The Labute approximate surface area is 55.4 Å². The summed E-state index contributed by atoms with van der Waals surface area (Å²) in [7, 11) is 0. The van der Waals surface area contributed by atoms with Gasteiger partial charge in [-0.2, -0.15) is 5.26 Å². The summed E-state index contributed by atoms with van der Waals surface area (Å²) in [5, 5.41) is 9.59. The van der Waals surface area contributed by atoms with Gasteiger partial charge in [0.25, 0.3) is 0 Å². The van der Waals surface area contributed by atoms with Gasteiger partial charge in [-0.05, 0) is 11.4 Å². The molecule has 0 aliphatic carbocycles. The summed E-state index contributed by atoms with van der Waals surface area (Å²) in [5.74, 6) is -0.704. The Morgan fingerprint density at radius 2 is 2.56 bits per heavy atom. The van der Waals surface area contributed by atoms with Crippen LogP contribution < -0.4 is 0 Å². The molecule has 0 atom stereocenters. The van der Waals surface area contributed by atoms with Crippen LogP contribution in [0.5, 0.6) is 0 Å². The molecular formula is C5H4O3S. The molecule has 0 saturated heterocycles. The quantitative estimate of drug-likeness (QED) is 0.478. The van der Waals surface area contributed by atoms with Gasteiger partial charge < -0.3 is 0 Å². The molecule has 1 N–H and O–H groups in total. The molecular weight excluding hydrogens is 140 g/mol. The van der Waals surface area contributed by atoms with Crippen LogP contribution in [-0.4, -0.2) is 11.2 Å². The third kappa shape index (κ3) is 1.28. The highest BCUT2D eigenvalue weighted by Gasteiger charge is 2.05. The van der Waals surface area contributed by atoms with E-state index in [1.54, 1.807) is 17.5 Å². The van der Waals surface area contributed by atoms with Gasteiger partial charge in [0.2, 0.25) is 0 Å². The summed E-state index contributed by atoms with van der Waals surface area (Å²) >= 11 is 1.22. The molecule has 0 spiro atoms. The molecule has 1 aromatic heterocycles. The maximum absolute atomic E-state index is 10.4. The Balaban J connectivity index is 2.77. The summed E-state index contributed by atoms with van der Waals surface area (Å²) in [6, 6.07) is 3.28. The highest BCUT2D eigenvalue weighted by molar-refractivity contribution is 7.11. The van der Waals surface area contributed by atoms with Crippen LogP contribution in [0.4, 0.5) is 0 Å². The van der Waals surface area contributed by atoms with Crippen LogP contribution in [0, 0.1) is 0 Å². The Bertz CT molecular complexity index is 192. The van der Waals surface area contributed by atoms with Gasteiger partial charge in [0.1, 0.15) is 4.88 Å². The molecule has 0 aliphatic rings. The second-order valence-corrected chi connectivity index (χ2v) is 2.30. The van der Waals surface area contributed by atoms with Crippen LogP contribution in [0.25, 0.3) is 0 Å². The molecule has 0 fully saturated rings. The molecule has 0 bridgehead atoms. The summed E-state index contributed by atoms with van der Waals surface area (Å²) in [4.78, 5) is 14.3. The first-order valence-corrected chi connectivity index (χ1v) is 3.12. The van der Waals surface area contributed by atoms with Gasteiger partial charge in [-0.3, -0.25) is 4.89 Å². The zero-order valence-corrected chi connectivity index (χ0v) is 5.22. The lowest BCUT2D eigenvalue weighted by atomic mass is 10.5. The van der Waals surface area contributed by atoms with Crippen LogP contribution in [0.15, 0.2) is 17.5 Å². The highest BCUT2D eigenvalue weighted by atomic mass is 32.1. The van der Waals surface area contributed by atoms with Crippen LogP contribution in [0.3, 0.4) is 0 Å². The lowest BCUT2D eigenvalue weighted by Crippen LogP contribution is -1.97. The molecule has 9 heavy (non-hydrogen) atoms. The Morgan fingerprint density at radius 3 is 3.00 bits per heavy atom. The molecule has 0 radical (unpaired) electrons. The van der Waals surface area contributed by atoms with Crippen LogP contribution in [-0.2, 0) is 4.89 Å². The van der Waals surface area contributed by atoms with E-state index in [4.69, 9.17) is 5.26 Å². The molecule has 3 nitrogen and oxygen atoms in total. The number of thiophene rings is 1. The van der Waals surface area contributed by atoms with Crippen molar-refractivity contribution in [3.8, 4) is 0 Å². The summed E-state index contributed by atoms with van der Waals surface area (Å²) < 4.78 is 0. The SMILES string of the molecule is O=C(OO)c1cccs1. The van der Waals surface area contributed by atoms with E-state index in [9.17, 15) is 4.79 Å². The fourth-order valence-corrected chi connectivity index (χ4v) is 1.03. The number of carbonyl (C=O) groups excluding carboxylic acids is 1. The van der Waals surface area contributed by atoms with Gasteiger partial charge in [0.05, 0.1) is 0 Å². The van der Waals surface area contributed by atoms with E-state index < -0.39 is 5.97 Å². The molecule has 0 saturated carbocycles. The molecule has 1 heterocycles. The van der Waals surface area contributed by atoms with Crippen molar-refractivity contribution in [2.45, 2.75) is 0 Å². The van der Waals surface area contributed by atoms with Gasteiger partial charge >= 0.3 is 5.97 Å². The normalized spacial score (nSPS) is 9.00. The lowest BCUT2D eigenvalue weighted by Gasteiger charge is -1.86. The number of rotatable bonds is 1. The topological polar surface area (TPSA) is 46.5 Å². The largest absolute Gasteiger partial charge is 0.382 e. The average Bonchev–Trinajstić information content (AvgIpc) is 2.37. The standard InChI is InChI=1S/C5H4O3S/c6-5(8-7)4-2-1-3-9-4/h1-3,7H. The van der Waals surface area contributed by atoms with E-state index in [0.717, 1.165) is 0 Å². The minimum atomic E-state index is -0.704. The first kappa shape index (κ1) is 6.25. The average molecular weight is 144 g/mol. The van der Waals surface area contributed by atoms with E-state index >= 15 is 0 Å². The second kappa shape index (κ2) is 2.61. The van der Waals surface area contributed by atoms with Crippen LogP contribution >= 0.6 is 11.3 Å². The fraction of sp³-hybridized carbons (Fsp3) is 0. The molecule has 48 valence electrons. The maximum atomic E-state index is 10.4. The van der Waals surface area contributed by atoms with Crippen molar-refractivity contribution in [1.29, 1.82) is 0 Å². The second-order valence-electron chi connectivity index (χ2n) is 1.36. The third-order valence-corrected chi connectivity index (χ3v) is 1.66. The van der Waals surface area contributed by atoms with E-state index in [-0.39, 0.29) is 0 Å². The van der Waals surface area contributed by atoms with Crippen LogP contribution in [0.1, 0.15) is 9.67 Å². The molecule has 0 unspecified atom stereocenters. The molecule has 0 aromatic carbocycles. The predicted molar refractivity (Wildman–Crippen MR) is 32.4 cm³/mol. The molecule has 0 aliphatic heterocycles.